The van der Waals surface area contributed by atoms with E-state index in [-0.39, 0.29) is 0 Å². The molecule has 0 amide bonds. The fourth-order valence-corrected chi connectivity index (χ4v) is 3.25. The minimum absolute atomic E-state index is 0.525. The van der Waals surface area contributed by atoms with Crippen LogP contribution in [0.15, 0.2) is 32.7 Å². The highest BCUT2D eigenvalue weighted by Gasteiger charge is 2.12. The second-order valence-electron chi connectivity index (χ2n) is 4.76. The summed E-state index contributed by atoms with van der Waals surface area (Å²) in [5.41, 5.74) is 4.00. The van der Waals surface area contributed by atoms with Crippen molar-refractivity contribution in [2.24, 2.45) is 0 Å². The third-order valence-electron chi connectivity index (χ3n) is 3.24. The molecule has 0 spiro atoms. The van der Waals surface area contributed by atoms with Gasteiger partial charge in [-0.05, 0) is 68.8 Å². The Balaban J connectivity index is 2.40. The molecule has 0 radical (unpaired) electrons. The maximum atomic E-state index is 9.89. The summed E-state index contributed by atoms with van der Waals surface area (Å²) >= 11 is 4.92. The van der Waals surface area contributed by atoms with Crippen molar-refractivity contribution in [1.29, 1.82) is 0 Å². The molecule has 20 heavy (non-hydrogen) atoms. The van der Waals surface area contributed by atoms with E-state index < -0.39 is 6.10 Å². The lowest BCUT2D eigenvalue weighted by Crippen LogP contribution is -1.99. The normalized spacial score (nSPS) is 12.5. The molecule has 2 aromatic rings. The molecule has 1 N–H and O–H groups in total. The van der Waals surface area contributed by atoms with Crippen LogP contribution in [0.5, 0.6) is 0 Å². The number of aliphatic hydroxyl groups is 1. The Kier molecular flexibility index (Phi) is 4.83. The highest BCUT2D eigenvalue weighted by Crippen LogP contribution is 2.33. The van der Waals surface area contributed by atoms with Crippen LogP contribution in [0.1, 0.15) is 35.5 Å². The van der Waals surface area contributed by atoms with Crippen LogP contribution in [0.2, 0.25) is 0 Å². The van der Waals surface area contributed by atoms with E-state index in [4.69, 9.17) is 0 Å². The molecule has 106 valence electrons. The second-order valence-corrected chi connectivity index (χ2v) is 6.69. The number of aryl methyl sites for hydroxylation is 2. The number of hydrogen-bond donors (Lipinski definition) is 1. The van der Waals surface area contributed by atoms with Gasteiger partial charge in [0.2, 0.25) is 0 Å². The van der Waals surface area contributed by atoms with Gasteiger partial charge in [-0.25, -0.2) is 9.97 Å². The Morgan fingerprint density at radius 2 is 1.75 bits per heavy atom. The average Bonchev–Trinajstić information content (AvgIpc) is 2.37. The van der Waals surface area contributed by atoms with Gasteiger partial charge >= 0.3 is 0 Å². The van der Waals surface area contributed by atoms with Crippen LogP contribution in [0.3, 0.4) is 0 Å². The first-order valence-electron chi connectivity index (χ1n) is 6.35. The molecule has 1 unspecified atom stereocenters. The van der Waals surface area contributed by atoms with E-state index in [9.17, 15) is 5.11 Å². The minimum Gasteiger partial charge on any atom is -0.389 e. The van der Waals surface area contributed by atoms with Crippen LogP contribution >= 0.6 is 27.7 Å². The number of hydrogen-bond acceptors (Lipinski definition) is 4. The predicted molar refractivity (Wildman–Crippen MR) is 85.1 cm³/mol. The summed E-state index contributed by atoms with van der Waals surface area (Å²) in [6.45, 7) is 7.77. The molecular weight excluding hydrogens is 336 g/mol. The molecule has 2 rings (SSSR count). The third kappa shape index (κ3) is 3.40. The Morgan fingerprint density at radius 3 is 2.30 bits per heavy atom. The van der Waals surface area contributed by atoms with Crippen molar-refractivity contribution in [3.63, 3.8) is 0 Å². The summed E-state index contributed by atoms with van der Waals surface area (Å²) in [6.07, 6.45) is -0.525. The lowest BCUT2D eigenvalue weighted by Gasteiger charge is -2.12. The Morgan fingerprint density at radius 1 is 1.15 bits per heavy atom. The van der Waals surface area contributed by atoms with Gasteiger partial charge in [0.15, 0.2) is 5.16 Å². The molecule has 0 aliphatic heterocycles. The monoisotopic (exact) mass is 352 g/mol. The lowest BCUT2D eigenvalue weighted by molar-refractivity contribution is 0.196. The van der Waals surface area contributed by atoms with Crippen molar-refractivity contribution in [1.82, 2.24) is 9.97 Å². The largest absolute Gasteiger partial charge is 0.389 e. The zero-order valence-corrected chi connectivity index (χ0v) is 14.3. The van der Waals surface area contributed by atoms with Crippen LogP contribution in [0.4, 0.5) is 0 Å². The van der Waals surface area contributed by atoms with Crippen LogP contribution in [-0.4, -0.2) is 15.1 Å². The lowest BCUT2D eigenvalue weighted by atomic mass is 10.1. The van der Waals surface area contributed by atoms with Crippen LogP contribution in [0.25, 0.3) is 0 Å². The number of aromatic nitrogens is 2. The fourth-order valence-electron chi connectivity index (χ4n) is 1.82. The first-order valence-corrected chi connectivity index (χ1v) is 7.96. The average molecular weight is 353 g/mol. The smallest absolute Gasteiger partial charge is 0.192 e. The predicted octanol–water partition coefficient (Wildman–Crippen LogP) is 4.37. The van der Waals surface area contributed by atoms with Gasteiger partial charge in [0.25, 0.3) is 0 Å². The topological polar surface area (TPSA) is 46.0 Å². The number of aliphatic hydroxyl groups excluding tert-OH is 1. The van der Waals surface area contributed by atoms with Gasteiger partial charge in [-0.1, -0.05) is 15.9 Å². The van der Waals surface area contributed by atoms with Crippen molar-refractivity contribution in [2.45, 2.75) is 43.9 Å². The van der Waals surface area contributed by atoms with Gasteiger partial charge in [0.05, 0.1) is 6.10 Å². The van der Waals surface area contributed by atoms with Gasteiger partial charge in [-0.15, -0.1) is 0 Å². The highest BCUT2D eigenvalue weighted by atomic mass is 79.9. The molecule has 5 heteroatoms. The van der Waals surface area contributed by atoms with Gasteiger partial charge < -0.3 is 5.11 Å². The zero-order valence-electron chi connectivity index (χ0n) is 11.9. The van der Waals surface area contributed by atoms with Crippen LogP contribution in [0, 0.1) is 20.8 Å². The van der Waals surface area contributed by atoms with Crippen molar-refractivity contribution in [2.75, 3.05) is 0 Å². The van der Waals surface area contributed by atoms with E-state index >= 15 is 0 Å². The summed E-state index contributed by atoms with van der Waals surface area (Å²) in [6, 6.07) is 5.87. The minimum atomic E-state index is -0.525. The maximum Gasteiger partial charge on any atom is 0.192 e. The first-order chi connectivity index (χ1) is 9.38. The molecule has 0 saturated heterocycles. The van der Waals surface area contributed by atoms with Gasteiger partial charge in [0, 0.05) is 20.8 Å². The van der Waals surface area contributed by atoms with E-state index in [1.165, 1.54) is 11.8 Å². The SMILES string of the molecule is Cc1nc(Sc2ccc(Br)cc2C(C)O)nc(C)c1C. The molecule has 1 aromatic heterocycles. The summed E-state index contributed by atoms with van der Waals surface area (Å²) < 4.78 is 0.954. The van der Waals surface area contributed by atoms with E-state index in [0.29, 0.717) is 0 Å². The zero-order chi connectivity index (χ0) is 14.9. The van der Waals surface area contributed by atoms with Crippen molar-refractivity contribution in [3.05, 3.63) is 45.2 Å². The molecule has 1 aromatic carbocycles. The van der Waals surface area contributed by atoms with Crippen molar-refractivity contribution in [3.8, 4) is 0 Å². The molecule has 0 saturated carbocycles. The third-order valence-corrected chi connectivity index (χ3v) is 4.69. The van der Waals surface area contributed by atoms with Crippen LogP contribution < -0.4 is 0 Å². The van der Waals surface area contributed by atoms with Gasteiger partial charge in [-0.3, -0.25) is 0 Å². The number of nitrogens with zero attached hydrogens (tertiary/aromatic N) is 2. The second kappa shape index (κ2) is 6.24. The highest BCUT2D eigenvalue weighted by molar-refractivity contribution is 9.10. The van der Waals surface area contributed by atoms with E-state index in [1.807, 2.05) is 39.0 Å². The standard InChI is InChI=1S/C15H17BrN2OS/c1-8-9(2)17-15(18-10(8)3)20-14-6-5-12(16)7-13(14)11(4)19/h5-7,11,19H,1-4H3. The van der Waals surface area contributed by atoms with E-state index in [2.05, 4.69) is 25.9 Å². The molecule has 1 atom stereocenters. The molecule has 3 nitrogen and oxygen atoms in total. The molecule has 0 bridgehead atoms. The fraction of sp³-hybridized carbons (Fsp3) is 0.333. The molecule has 0 fully saturated rings. The first kappa shape index (κ1) is 15.5. The van der Waals surface area contributed by atoms with Crippen molar-refractivity contribution >= 4 is 27.7 Å². The Labute approximate surface area is 132 Å². The van der Waals surface area contributed by atoms with Gasteiger partial charge in [0.1, 0.15) is 0 Å². The molecule has 0 aliphatic rings. The summed E-state index contributed by atoms with van der Waals surface area (Å²) in [4.78, 5) is 10.00. The van der Waals surface area contributed by atoms with E-state index in [0.717, 1.165) is 37.0 Å². The molecule has 1 heterocycles. The molecule has 0 aliphatic carbocycles. The Hall–Kier alpha value is -0.910. The summed E-state index contributed by atoms with van der Waals surface area (Å²) in [7, 11) is 0. The number of halogens is 1. The van der Waals surface area contributed by atoms with Gasteiger partial charge in [-0.2, -0.15) is 0 Å². The molecular formula is C15H17BrN2OS. The quantitative estimate of drug-likeness (QED) is 0.833. The Bertz CT molecular complexity index is 621. The number of benzene rings is 1. The van der Waals surface area contributed by atoms with Crippen molar-refractivity contribution < 1.29 is 5.11 Å². The number of rotatable bonds is 3. The van der Waals surface area contributed by atoms with E-state index in [1.54, 1.807) is 6.92 Å². The maximum absolute atomic E-state index is 9.89. The van der Waals surface area contributed by atoms with Crippen LogP contribution in [-0.2, 0) is 0 Å². The summed E-state index contributed by atoms with van der Waals surface area (Å²) in [5, 5.41) is 10.6. The summed E-state index contributed by atoms with van der Waals surface area (Å²) in [5.74, 6) is 0.